The Kier molecular flexibility index (Phi) is 4.58. The van der Waals surface area contributed by atoms with Gasteiger partial charge in [0.25, 0.3) is 0 Å². The number of amidine groups is 1. The molecule has 2 fully saturated rings. The number of pyridine rings is 1. The zero-order valence-corrected chi connectivity index (χ0v) is 17.7. The first kappa shape index (κ1) is 18.0. The van der Waals surface area contributed by atoms with E-state index in [0.29, 0.717) is 5.25 Å². The summed E-state index contributed by atoms with van der Waals surface area (Å²) in [5, 5.41) is 1.78. The van der Waals surface area contributed by atoms with Crippen molar-refractivity contribution in [2.45, 2.75) is 50.9 Å². The zero-order valence-electron chi connectivity index (χ0n) is 16.9. The van der Waals surface area contributed by atoms with Crippen LogP contribution in [0.15, 0.2) is 41.5 Å². The molecule has 3 aliphatic heterocycles. The maximum atomic E-state index is 5.13. The predicted molar refractivity (Wildman–Crippen MR) is 118 cm³/mol. The molecule has 146 valence electrons. The van der Waals surface area contributed by atoms with Crippen molar-refractivity contribution in [2.24, 2.45) is 4.99 Å². The highest BCUT2D eigenvalue weighted by Crippen LogP contribution is 2.49. The van der Waals surface area contributed by atoms with E-state index in [0.717, 1.165) is 12.2 Å². The molecule has 0 bridgehead atoms. The Labute approximate surface area is 172 Å². The molecule has 0 saturated carbocycles. The van der Waals surface area contributed by atoms with Crippen molar-refractivity contribution >= 4 is 22.6 Å². The summed E-state index contributed by atoms with van der Waals surface area (Å²) < 4.78 is 0. The van der Waals surface area contributed by atoms with Crippen LogP contribution in [-0.2, 0) is 0 Å². The number of aromatic nitrogens is 1. The molecule has 1 aromatic heterocycles. The number of nitrogens with zero attached hydrogens (tertiary/aromatic N) is 4. The molecule has 5 rings (SSSR count). The van der Waals surface area contributed by atoms with Crippen molar-refractivity contribution in [1.29, 1.82) is 0 Å². The summed E-state index contributed by atoms with van der Waals surface area (Å²) in [6.07, 6.45) is 4.51. The Hall–Kier alpha value is -2.01. The third kappa shape index (κ3) is 2.91. The monoisotopic (exact) mass is 392 g/mol. The van der Waals surface area contributed by atoms with E-state index in [1.165, 1.54) is 53.5 Å². The van der Waals surface area contributed by atoms with E-state index in [-0.39, 0.29) is 12.1 Å². The minimum absolute atomic E-state index is 0.0759. The lowest BCUT2D eigenvalue weighted by Crippen LogP contribution is -2.29. The van der Waals surface area contributed by atoms with Gasteiger partial charge in [-0.15, -0.1) is 0 Å². The first-order chi connectivity index (χ1) is 13.6. The van der Waals surface area contributed by atoms with Crippen molar-refractivity contribution in [3.63, 3.8) is 0 Å². The fourth-order valence-corrected chi connectivity index (χ4v) is 6.00. The van der Waals surface area contributed by atoms with Crippen molar-refractivity contribution in [1.82, 2.24) is 9.88 Å². The number of anilines is 1. The Bertz CT molecular complexity index is 904. The number of hydrogen-bond donors (Lipinski definition) is 0. The number of benzene rings is 1. The minimum atomic E-state index is 0.0759. The van der Waals surface area contributed by atoms with Gasteiger partial charge in [-0.1, -0.05) is 30.8 Å². The van der Waals surface area contributed by atoms with Crippen LogP contribution in [0.4, 0.5) is 5.69 Å². The van der Waals surface area contributed by atoms with E-state index in [1.54, 1.807) is 0 Å². The van der Waals surface area contributed by atoms with Crippen molar-refractivity contribution in [3.05, 3.63) is 58.9 Å². The normalized spacial score (nSPS) is 26.7. The summed E-state index contributed by atoms with van der Waals surface area (Å²) in [7, 11) is 0. The number of hydrogen-bond acceptors (Lipinski definition) is 5. The zero-order chi connectivity index (χ0) is 19.3. The van der Waals surface area contributed by atoms with Gasteiger partial charge < -0.3 is 9.80 Å². The summed E-state index contributed by atoms with van der Waals surface area (Å²) in [6.45, 7) is 10.3. The number of thioether (sulfide) groups is 1. The van der Waals surface area contributed by atoms with Crippen LogP contribution < -0.4 is 4.90 Å². The van der Waals surface area contributed by atoms with Crippen molar-refractivity contribution in [2.75, 3.05) is 24.5 Å². The highest BCUT2D eigenvalue weighted by Gasteiger charge is 2.44. The summed E-state index contributed by atoms with van der Waals surface area (Å²) in [4.78, 5) is 14.9. The van der Waals surface area contributed by atoms with Crippen molar-refractivity contribution < 1.29 is 0 Å². The van der Waals surface area contributed by atoms with Crippen LogP contribution in [0.5, 0.6) is 0 Å². The lowest BCUT2D eigenvalue weighted by Gasteiger charge is -2.30. The van der Waals surface area contributed by atoms with E-state index < -0.39 is 0 Å². The van der Waals surface area contributed by atoms with Crippen LogP contribution in [-0.4, -0.2) is 39.9 Å². The van der Waals surface area contributed by atoms with E-state index in [1.807, 2.05) is 24.0 Å². The molecule has 3 aliphatic rings. The lowest BCUT2D eigenvalue weighted by molar-refractivity contribution is 0.320. The SMILES string of the molecule is Cc1c([C@@H]2[C@H](c3ccccn3)N=C3S[C@H](C)CN32)ccc(N2CCCC2)c1C. The highest BCUT2D eigenvalue weighted by atomic mass is 32.2. The van der Waals surface area contributed by atoms with Gasteiger partial charge in [0, 0.05) is 36.8 Å². The van der Waals surface area contributed by atoms with Gasteiger partial charge in [-0.2, -0.15) is 0 Å². The average molecular weight is 393 g/mol. The topological polar surface area (TPSA) is 31.7 Å². The molecule has 4 nitrogen and oxygen atoms in total. The fourth-order valence-electron chi connectivity index (χ4n) is 4.90. The van der Waals surface area contributed by atoms with E-state index in [2.05, 4.69) is 59.8 Å². The molecule has 0 spiro atoms. The third-order valence-electron chi connectivity index (χ3n) is 6.45. The third-order valence-corrected chi connectivity index (χ3v) is 7.55. The maximum absolute atomic E-state index is 5.13. The van der Waals surface area contributed by atoms with Gasteiger partial charge in [0.2, 0.25) is 0 Å². The first-order valence-electron chi connectivity index (χ1n) is 10.4. The predicted octanol–water partition coefficient (Wildman–Crippen LogP) is 4.89. The van der Waals surface area contributed by atoms with Crippen LogP contribution in [0.3, 0.4) is 0 Å². The van der Waals surface area contributed by atoms with Crippen LogP contribution in [0.1, 0.15) is 54.2 Å². The summed E-state index contributed by atoms with van der Waals surface area (Å²) in [5.41, 5.74) is 6.73. The van der Waals surface area contributed by atoms with Gasteiger partial charge in [-0.05, 0) is 61.6 Å². The Morgan fingerprint density at radius 2 is 1.86 bits per heavy atom. The maximum Gasteiger partial charge on any atom is 0.160 e. The standard InChI is InChI=1S/C23H28N4S/c1-15-14-27-22(21(25-23(27)28-15)19-8-4-5-11-24-19)18-9-10-20(17(3)16(18)2)26-12-6-7-13-26/h4-5,8-11,15,21-22H,6-7,12-14H2,1-3H3/t15-,21+,22-/m1/s1. The summed E-state index contributed by atoms with van der Waals surface area (Å²) in [6, 6.07) is 11.2. The Morgan fingerprint density at radius 3 is 2.61 bits per heavy atom. The van der Waals surface area contributed by atoms with E-state index >= 15 is 0 Å². The largest absolute Gasteiger partial charge is 0.371 e. The fraction of sp³-hybridized carbons (Fsp3) is 0.478. The molecule has 0 amide bonds. The quantitative estimate of drug-likeness (QED) is 0.744. The highest BCUT2D eigenvalue weighted by molar-refractivity contribution is 8.14. The van der Waals surface area contributed by atoms with Crippen LogP contribution >= 0.6 is 11.8 Å². The number of aliphatic imine (C=N–C) groups is 1. The van der Waals surface area contributed by atoms with E-state index in [9.17, 15) is 0 Å². The molecule has 0 aliphatic carbocycles. The van der Waals surface area contributed by atoms with E-state index in [4.69, 9.17) is 4.99 Å². The minimum Gasteiger partial charge on any atom is -0.371 e. The van der Waals surface area contributed by atoms with Gasteiger partial charge in [-0.3, -0.25) is 9.98 Å². The Morgan fingerprint density at radius 1 is 1.04 bits per heavy atom. The number of fused-ring (bicyclic) bond motifs is 1. The Balaban J connectivity index is 1.57. The molecule has 0 radical (unpaired) electrons. The van der Waals surface area contributed by atoms with Gasteiger partial charge in [0.15, 0.2) is 5.17 Å². The van der Waals surface area contributed by atoms with Crippen LogP contribution in [0, 0.1) is 13.8 Å². The molecule has 2 aromatic rings. The molecule has 0 unspecified atom stereocenters. The molecule has 2 saturated heterocycles. The smallest absolute Gasteiger partial charge is 0.160 e. The molecule has 1 aromatic carbocycles. The van der Waals surface area contributed by atoms with Crippen molar-refractivity contribution in [3.8, 4) is 0 Å². The van der Waals surface area contributed by atoms with Gasteiger partial charge in [0.1, 0.15) is 6.04 Å². The molecule has 3 atom stereocenters. The molecular formula is C23H28N4S. The average Bonchev–Trinajstić information content (AvgIpc) is 3.41. The summed E-state index contributed by atoms with van der Waals surface area (Å²) in [5.74, 6) is 0. The molecule has 0 N–H and O–H groups in total. The van der Waals surface area contributed by atoms with Gasteiger partial charge in [0.05, 0.1) is 11.7 Å². The molecular weight excluding hydrogens is 364 g/mol. The number of rotatable bonds is 3. The molecule has 28 heavy (non-hydrogen) atoms. The molecule has 4 heterocycles. The second-order valence-corrected chi connectivity index (χ2v) is 9.66. The van der Waals surface area contributed by atoms with Crippen LogP contribution in [0.2, 0.25) is 0 Å². The second-order valence-electron chi connectivity index (χ2n) is 8.25. The van der Waals surface area contributed by atoms with Gasteiger partial charge >= 0.3 is 0 Å². The second kappa shape index (κ2) is 7.11. The van der Waals surface area contributed by atoms with Crippen LogP contribution in [0.25, 0.3) is 0 Å². The first-order valence-corrected chi connectivity index (χ1v) is 11.3. The lowest BCUT2D eigenvalue weighted by atomic mass is 9.90. The molecule has 5 heteroatoms. The summed E-state index contributed by atoms with van der Waals surface area (Å²) >= 11 is 1.91. The van der Waals surface area contributed by atoms with Gasteiger partial charge in [-0.25, -0.2) is 0 Å².